The minimum absolute atomic E-state index is 0.112. The first kappa shape index (κ1) is 24.4. The molecule has 0 aromatic heterocycles. The van der Waals surface area contributed by atoms with E-state index in [9.17, 15) is 8.42 Å². The number of benzene rings is 3. The maximum atomic E-state index is 13.4. The summed E-state index contributed by atoms with van der Waals surface area (Å²) in [6.45, 7) is 8.60. The molecule has 3 aromatic rings. The Morgan fingerprint density at radius 1 is 1.00 bits per heavy atom. The van der Waals surface area contributed by atoms with Crippen LogP contribution in [0.4, 0.5) is 11.4 Å². The van der Waals surface area contributed by atoms with Crippen molar-refractivity contribution in [3.8, 4) is 5.75 Å². The van der Waals surface area contributed by atoms with E-state index in [-0.39, 0.29) is 22.3 Å². The van der Waals surface area contributed by atoms with Gasteiger partial charge in [0.1, 0.15) is 5.75 Å². The van der Waals surface area contributed by atoms with Crippen LogP contribution in [0, 0.1) is 12.8 Å². The van der Waals surface area contributed by atoms with Gasteiger partial charge in [0, 0.05) is 11.6 Å². The summed E-state index contributed by atoms with van der Waals surface area (Å²) >= 11 is 0. The molecular weight excluding hydrogens is 468 g/mol. The molecule has 1 aliphatic heterocycles. The van der Waals surface area contributed by atoms with Gasteiger partial charge in [-0.2, -0.15) is 0 Å². The minimum atomic E-state index is -3.79. The minimum Gasteiger partial charge on any atom is -0.495 e. The molecule has 2 N–H and O–H groups in total. The summed E-state index contributed by atoms with van der Waals surface area (Å²) in [6, 6.07) is 19.9. The summed E-state index contributed by atoms with van der Waals surface area (Å²) in [5.41, 5.74) is 6.08. The lowest BCUT2D eigenvalue weighted by atomic mass is 9.76. The molecule has 1 aliphatic carbocycles. The molecule has 3 atom stereocenters. The van der Waals surface area contributed by atoms with Crippen LogP contribution in [-0.2, 0) is 15.4 Å². The van der Waals surface area contributed by atoms with Crippen LogP contribution in [0.1, 0.15) is 61.4 Å². The number of hydrogen-bond donors (Lipinski definition) is 2. The van der Waals surface area contributed by atoms with Gasteiger partial charge in [0.15, 0.2) is 0 Å². The Morgan fingerprint density at radius 2 is 1.75 bits per heavy atom. The van der Waals surface area contributed by atoms with Crippen molar-refractivity contribution in [2.75, 3.05) is 17.1 Å². The van der Waals surface area contributed by atoms with Crippen LogP contribution in [-0.4, -0.2) is 15.5 Å². The highest BCUT2D eigenvalue weighted by Gasteiger charge is 2.38. The molecule has 188 valence electrons. The van der Waals surface area contributed by atoms with Crippen LogP contribution in [0.3, 0.4) is 0 Å². The maximum absolute atomic E-state index is 13.4. The third-order valence-electron chi connectivity index (χ3n) is 7.38. The Kier molecular flexibility index (Phi) is 6.11. The van der Waals surface area contributed by atoms with E-state index >= 15 is 0 Å². The Balaban J connectivity index is 1.46. The monoisotopic (exact) mass is 502 g/mol. The number of allylic oxidation sites excluding steroid dienone is 2. The zero-order chi connectivity index (χ0) is 25.7. The fourth-order valence-corrected chi connectivity index (χ4v) is 6.46. The molecule has 0 radical (unpaired) electrons. The number of ether oxygens (including phenoxy) is 1. The first-order valence-electron chi connectivity index (χ1n) is 12.4. The third kappa shape index (κ3) is 4.50. The van der Waals surface area contributed by atoms with Gasteiger partial charge in [0.05, 0.1) is 23.7 Å². The number of nitrogens with one attached hydrogen (secondary N) is 2. The van der Waals surface area contributed by atoms with Crippen molar-refractivity contribution in [1.29, 1.82) is 0 Å². The van der Waals surface area contributed by atoms with E-state index in [4.69, 9.17) is 4.74 Å². The topological polar surface area (TPSA) is 67.4 Å². The molecule has 2 aliphatic rings. The fourth-order valence-electron chi connectivity index (χ4n) is 5.37. The van der Waals surface area contributed by atoms with Crippen LogP contribution in [0.15, 0.2) is 77.7 Å². The normalized spacial score (nSPS) is 20.9. The van der Waals surface area contributed by atoms with Crippen molar-refractivity contribution in [2.45, 2.75) is 56.4 Å². The highest BCUT2D eigenvalue weighted by atomic mass is 32.2. The van der Waals surface area contributed by atoms with Gasteiger partial charge in [0.2, 0.25) is 0 Å². The van der Waals surface area contributed by atoms with Crippen molar-refractivity contribution in [3.63, 3.8) is 0 Å². The lowest BCUT2D eigenvalue weighted by Gasteiger charge is -2.38. The first-order valence-corrected chi connectivity index (χ1v) is 13.9. The van der Waals surface area contributed by atoms with Crippen molar-refractivity contribution in [3.05, 3.63) is 95.1 Å². The number of anilines is 2. The zero-order valence-corrected chi connectivity index (χ0v) is 22.3. The molecule has 6 heteroatoms. The van der Waals surface area contributed by atoms with Crippen LogP contribution in [0.5, 0.6) is 5.75 Å². The van der Waals surface area contributed by atoms with Gasteiger partial charge in [-0.15, -0.1) is 0 Å². The van der Waals surface area contributed by atoms with Crippen molar-refractivity contribution in [2.24, 2.45) is 5.92 Å². The Labute approximate surface area is 214 Å². The summed E-state index contributed by atoms with van der Waals surface area (Å²) in [7, 11) is -2.26. The number of hydrogen-bond acceptors (Lipinski definition) is 4. The predicted octanol–water partition coefficient (Wildman–Crippen LogP) is 6.93. The van der Waals surface area contributed by atoms with Gasteiger partial charge >= 0.3 is 0 Å². The molecule has 3 aromatic carbocycles. The van der Waals surface area contributed by atoms with Gasteiger partial charge in [0.25, 0.3) is 10.0 Å². The number of fused-ring (bicyclic) bond motifs is 3. The molecule has 36 heavy (non-hydrogen) atoms. The lowest BCUT2D eigenvalue weighted by molar-refractivity contribution is 0.417. The highest BCUT2D eigenvalue weighted by molar-refractivity contribution is 7.92. The van der Waals surface area contributed by atoms with Gasteiger partial charge in [-0.1, -0.05) is 63.3 Å². The van der Waals surface area contributed by atoms with Crippen LogP contribution >= 0.6 is 0 Å². The number of rotatable bonds is 5. The number of methoxy groups -OCH3 is 1. The lowest BCUT2D eigenvalue weighted by Crippen LogP contribution is -2.29. The van der Waals surface area contributed by atoms with Crippen molar-refractivity contribution < 1.29 is 13.2 Å². The Bertz CT molecular complexity index is 1420. The van der Waals surface area contributed by atoms with E-state index in [1.807, 2.05) is 25.1 Å². The Hall–Kier alpha value is -3.25. The molecular formula is C30H34N2O3S. The maximum Gasteiger partial charge on any atom is 0.262 e. The van der Waals surface area contributed by atoms with Crippen LogP contribution in [0.25, 0.3) is 0 Å². The van der Waals surface area contributed by atoms with Gasteiger partial charge in [-0.05, 0) is 77.3 Å². The molecule has 5 nitrogen and oxygen atoms in total. The smallest absolute Gasteiger partial charge is 0.262 e. The van der Waals surface area contributed by atoms with E-state index in [1.54, 1.807) is 18.2 Å². The van der Waals surface area contributed by atoms with Crippen LogP contribution in [0.2, 0.25) is 0 Å². The van der Waals surface area contributed by atoms with Crippen LogP contribution < -0.4 is 14.8 Å². The SMILES string of the molecule is COc1ccc(C)cc1NS(=O)(=O)c1ccc2c(c1)[C@H]1C=CC[C@H]1[C@@H](c1ccc(C(C)(C)C)cc1)N2. The van der Waals surface area contributed by atoms with Gasteiger partial charge in [-0.3, -0.25) is 4.72 Å². The van der Waals surface area contributed by atoms with E-state index < -0.39 is 10.0 Å². The second kappa shape index (κ2) is 9.00. The summed E-state index contributed by atoms with van der Waals surface area (Å²) in [5, 5.41) is 3.72. The predicted molar refractivity (Wildman–Crippen MR) is 146 cm³/mol. The Morgan fingerprint density at radius 3 is 2.44 bits per heavy atom. The fraction of sp³-hybridized carbons (Fsp3) is 0.333. The van der Waals surface area contributed by atoms with Gasteiger partial charge in [-0.25, -0.2) is 8.42 Å². The molecule has 0 spiro atoms. The average molecular weight is 503 g/mol. The number of aryl methyl sites for hydroxylation is 1. The second-order valence-corrected chi connectivity index (χ2v) is 12.6. The quantitative estimate of drug-likeness (QED) is 0.371. The molecule has 1 heterocycles. The first-order chi connectivity index (χ1) is 17.1. The molecule has 0 amide bonds. The van der Waals surface area contributed by atoms with Crippen molar-refractivity contribution in [1.82, 2.24) is 0 Å². The third-order valence-corrected chi connectivity index (χ3v) is 8.74. The molecule has 0 bridgehead atoms. The van der Waals surface area contributed by atoms with E-state index in [2.05, 4.69) is 67.2 Å². The summed E-state index contributed by atoms with van der Waals surface area (Å²) in [5.74, 6) is 0.987. The van der Waals surface area contributed by atoms with E-state index in [0.717, 1.165) is 23.2 Å². The molecule has 0 fully saturated rings. The standard InChI is InChI=1S/C30H34N2O3S/c1-19-9-16-28(35-5)27(17-19)32-36(33,34)22-14-15-26-25(18-22)23-7-6-8-24(23)29(31-26)20-10-12-21(13-11-20)30(2,3)4/h6-7,9-18,23-24,29,31-32H,8H2,1-5H3/t23-,24+,29+/m0/s1. The summed E-state index contributed by atoms with van der Waals surface area (Å²) < 4.78 is 34.8. The summed E-state index contributed by atoms with van der Waals surface area (Å²) in [6.07, 6.45) is 5.41. The van der Waals surface area contributed by atoms with E-state index in [1.165, 1.54) is 18.2 Å². The largest absolute Gasteiger partial charge is 0.495 e. The second-order valence-electron chi connectivity index (χ2n) is 10.9. The zero-order valence-electron chi connectivity index (χ0n) is 21.5. The molecule has 0 saturated carbocycles. The van der Waals surface area contributed by atoms with Gasteiger partial charge < -0.3 is 10.1 Å². The molecule has 0 saturated heterocycles. The van der Waals surface area contributed by atoms with Crippen molar-refractivity contribution >= 4 is 21.4 Å². The number of sulfonamides is 1. The summed E-state index contributed by atoms with van der Waals surface area (Å²) in [4.78, 5) is 0.249. The average Bonchev–Trinajstić information content (AvgIpc) is 3.33. The molecule has 0 unspecified atom stereocenters. The van der Waals surface area contributed by atoms with E-state index in [0.29, 0.717) is 17.4 Å². The molecule has 5 rings (SSSR count). The highest BCUT2D eigenvalue weighted by Crippen LogP contribution is 2.50.